The lowest BCUT2D eigenvalue weighted by Crippen LogP contribution is -2.28. The molecule has 0 aliphatic rings. The number of aryl methyl sites for hydroxylation is 3. The molecular formula is C19H23N3OS. The van der Waals surface area contributed by atoms with Gasteiger partial charge in [-0.25, -0.2) is 4.98 Å². The Kier molecular flexibility index (Phi) is 4.56. The number of nitrogens with zero attached hydrogens (tertiary/aromatic N) is 3. The van der Waals surface area contributed by atoms with E-state index in [1.54, 1.807) is 11.3 Å². The first-order valence-electron chi connectivity index (χ1n) is 8.06. The zero-order valence-corrected chi connectivity index (χ0v) is 15.7. The Labute approximate surface area is 146 Å². The quantitative estimate of drug-likeness (QED) is 0.729. The van der Waals surface area contributed by atoms with Gasteiger partial charge < -0.3 is 4.90 Å². The normalized spacial score (nSPS) is 11.6. The zero-order valence-electron chi connectivity index (χ0n) is 14.9. The lowest BCUT2D eigenvalue weighted by atomic mass is 10.1. The second-order valence-corrected chi connectivity index (χ2v) is 7.81. The molecule has 2 aromatic heterocycles. The first-order chi connectivity index (χ1) is 11.4. The second kappa shape index (κ2) is 6.49. The minimum atomic E-state index is 0.0688. The third-order valence-electron chi connectivity index (χ3n) is 4.29. The first-order valence-corrected chi connectivity index (χ1v) is 8.88. The fourth-order valence-electron chi connectivity index (χ4n) is 2.81. The van der Waals surface area contributed by atoms with Crippen LogP contribution >= 0.6 is 11.3 Å². The average molecular weight is 341 g/mol. The van der Waals surface area contributed by atoms with Crippen LogP contribution in [0.3, 0.4) is 0 Å². The lowest BCUT2D eigenvalue weighted by Gasteiger charge is -2.16. The van der Waals surface area contributed by atoms with E-state index in [1.165, 1.54) is 10.4 Å². The van der Waals surface area contributed by atoms with Crippen LogP contribution in [0.5, 0.6) is 0 Å². The molecule has 2 heterocycles. The van der Waals surface area contributed by atoms with Gasteiger partial charge in [0.05, 0.1) is 18.5 Å². The van der Waals surface area contributed by atoms with Crippen molar-refractivity contribution in [1.29, 1.82) is 0 Å². The monoisotopic (exact) mass is 341 g/mol. The van der Waals surface area contributed by atoms with Crippen LogP contribution in [0.25, 0.3) is 10.2 Å². The van der Waals surface area contributed by atoms with Crippen LogP contribution in [0.1, 0.15) is 27.4 Å². The molecule has 126 valence electrons. The largest absolute Gasteiger partial charge is 0.302 e. The topological polar surface area (TPSA) is 38.1 Å². The molecule has 24 heavy (non-hydrogen) atoms. The molecule has 0 spiro atoms. The van der Waals surface area contributed by atoms with E-state index in [0.717, 1.165) is 27.2 Å². The fraction of sp³-hybridized carbons (Fsp3) is 0.368. The van der Waals surface area contributed by atoms with Crippen LogP contribution in [0.15, 0.2) is 29.1 Å². The van der Waals surface area contributed by atoms with Crippen molar-refractivity contribution in [2.45, 2.75) is 33.9 Å². The molecule has 0 fully saturated rings. The molecule has 0 aliphatic carbocycles. The molecule has 3 rings (SSSR count). The van der Waals surface area contributed by atoms with Gasteiger partial charge in [0.15, 0.2) is 0 Å². The third-order valence-corrected chi connectivity index (χ3v) is 5.39. The maximum atomic E-state index is 13.1. The average Bonchev–Trinajstić information content (AvgIpc) is 2.79. The molecule has 1 aromatic carbocycles. The summed E-state index contributed by atoms with van der Waals surface area (Å²) in [6.45, 7) is 7.33. The first kappa shape index (κ1) is 16.9. The van der Waals surface area contributed by atoms with E-state index >= 15 is 0 Å². The number of hydrogen-bond donors (Lipinski definition) is 0. The van der Waals surface area contributed by atoms with Crippen molar-refractivity contribution in [1.82, 2.24) is 14.5 Å². The van der Waals surface area contributed by atoms with E-state index in [0.29, 0.717) is 13.1 Å². The van der Waals surface area contributed by atoms with Crippen molar-refractivity contribution in [2.75, 3.05) is 14.1 Å². The Morgan fingerprint density at radius 1 is 1.12 bits per heavy atom. The number of rotatable bonds is 4. The van der Waals surface area contributed by atoms with Crippen molar-refractivity contribution >= 4 is 21.6 Å². The smallest absolute Gasteiger partial charge is 0.262 e. The van der Waals surface area contributed by atoms with Crippen LogP contribution in [0, 0.1) is 20.8 Å². The summed E-state index contributed by atoms with van der Waals surface area (Å²) < 4.78 is 1.83. The van der Waals surface area contributed by atoms with Gasteiger partial charge in [0.2, 0.25) is 0 Å². The Morgan fingerprint density at radius 3 is 2.42 bits per heavy atom. The highest BCUT2D eigenvalue weighted by Crippen LogP contribution is 2.26. The van der Waals surface area contributed by atoms with Crippen molar-refractivity contribution in [3.05, 3.63) is 62.0 Å². The SMILES string of the molecule is Cc1ccc(Cn2c(CN(C)C)nc3sc(C)c(C)c3c2=O)cc1. The van der Waals surface area contributed by atoms with Crippen LogP contribution in [0.2, 0.25) is 0 Å². The van der Waals surface area contributed by atoms with E-state index < -0.39 is 0 Å². The van der Waals surface area contributed by atoms with Gasteiger partial charge in [-0.05, 0) is 46.0 Å². The summed E-state index contributed by atoms with van der Waals surface area (Å²) in [6, 6.07) is 8.32. The predicted octanol–water partition coefficient (Wildman–Crippen LogP) is 3.49. The highest BCUT2D eigenvalue weighted by molar-refractivity contribution is 7.18. The van der Waals surface area contributed by atoms with E-state index in [-0.39, 0.29) is 5.56 Å². The maximum absolute atomic E-state index is 13.1. The van der Waals surface area contributed by atoms with E-state index in [9.17, 15) is 4.79 Å². The van der Waals surface area contributed by atoms with Crippen LogP contribution in [-0.4, -0.2) is 28.5 Å². The third kappa shape index (κ3) is 3.14. The minimum absolute atomic E-state index is 0.0688. The standard InChI is InChI=1S/C19H23N3OS/c1-12-6-8-15(9-7-12)10-22-16(11-21(4)5)20-18-17(19(22)23)13(2)14(3)24-18/h6-9H,10-11H2,1-5H3. The molecule has 0 amide bonds. The fourth-order valence-corrected chi connectivity index (χ4v) is 3.85. The number of thiophene rings is 1. The van der Waals surface area contributed by atoms with E-state index in [1.807, 2.05) is 30.5 Å². The Morgan fingerprint density at radius 2 is 1.79 bits per heavy atom. The van der Waals surface area contributed by atoms with Crippen LogP contribution in [-0.2, 0) is 13.1 Å². The van der Waals surface area contributed by atoms with E-state index in [4.69, 9.17) is 4.98 Å². The molecule has 3 aromatic rings. The van der Waals surface area contributed by atoms with Crippen LogP contribution < -0.4 is 5.56 Å². The number of fused-ring (bicyclic) bond motifs is 1. The predicted molar refractivity (Wildman–Crippen MR) is 101 cm³/mol. The van der Waals surface area contributed by atoms with Crippen molar-refractivity contribution in [3.8, 4) is 0 Å². The molecule has 5 heteroatoms. The molecule has 0 unspecified atom stereocenters. The van der Waals surface area contributed by atoms with Gasteiger partial charge >= 0.3 is 0 Å². The van der Waals surface area contributed by atoms with Gasteiger partial charge in [0.1, 0.15) is 10.7 Å². The number of hydrogen-bond acceptors (Lipinski definition) is 4. The van der Waals surface area contributed by atoms with Crippen molar-refractivity contribution in [3.63, 3.8) is 0 Å². The zero-order chi connectivity index (χ0) is 17.4. The molecule has 0 N–H and O–H groups in total. The molecule has 0 saturated carbocycles. The molecule has 0 saturated heterocycles. The summed E-state index contributed by atoms with van der Waals surface area (Å²) in [5.41, 5.74) is 3.46. The van der Waals surface area contributed by atoms with Crippen molar-refractivity contribution in [2.24, 2.45) is 0 Å². The molecule has 0 bridgehead atoms. The van der Waals surface area contributed by atoms with Gasteiger partial charge in [-0.15, -0.1) is 11.3 Å². The summed E-state index contributed by atoms with van der Waals surface area (Å²) in [7, 11) is 4.00. The Hall–Kier alpha value is -1.98. The van der Waals surface area contributed by atoms with Gasteiger partial charge in [0, 0.05) is 4.88 Å². The molecule has 4 nitrogen and oxygen atoms in total. The molecule has 0 atom stereocenters. The highest BCUT2D eigenvalue weighted by Gasteiger charge is 2.17. The van der Waals surface area contributed by atoms with Gasteiger partial charge in [-0.1, -0.05) is 29.8 Å². The Bertz CT molecular complexity index is 936. The maximum Gasteiger partial charge on any atom is 0.262 e. The molecule has 0 radical (unpaired) electrons. The molecule has 0 aliphatic heterocycles. The van der Waals surface area contributed by atoms with Crippen molar-refractivity contribution < 1.29 is 0 Å². The second-order valence-electron chi connectivity index (χ2n) is 6.61. The number of benzene rings is 1. The minimum Gasteiger partial charge on any atom is -0.302 e. The number of aromatic nitrogens is 2. The lowest BCUT2D eigenvalue weighted by molar-refractivity contribution is 0.379. The van der Waals surface area contributed by atoms with Crippen LogP contribution in [0.4, 0.5) is 0 Å². The summed E-state index contributed by atoms with van der Waals surface area (Å²) >= 11 is 1.61. The Balaban J connectivity index is 2.18. The highest BCUT2D eigenvalue weighted by atomic mass is 32.1. The van der Waals surface area contributed by atoms with E-state index in [2.05, 4.69) is 38.1 Å². The summed E-state index contributed by atoms with van der Waals surface area (Å²) in [5.74, 6) is 0.819. The summed E-state index contributed by atoms with van der Waals surface area (Å²) in [5, 5.41) is 0.770. The summed E-state index contributed by atoms with van der Waals surface area (Å²) in [4.78, 5) is 22.0. The van der Waals surface area contributed by atoms with Gasteiger partial charge in [0.25, 0.3) is 5.56 Å². The van der Waals surface area contributed by atoms with Gasteiger partial charge in [-0.3, -0.25) is 9.36 Å². The summed E-state index contributed by atoms with van der Waals surface area (Å²) in [6.07, 6.45) is 0. The van der Waals surface area contributed by atoms with Gasteiger partial charge in [-0.2, -0.15) is 0 Å². The molecular weight excluding hydrogens is 318 g/mol.